The van der Waals surface area contributed by atoms with Gasteiger partial charge in [-0.05, 0) is 44.5 Å². The minimum atomic E-state index is -0.379. The van der Waals surface area contributed by atoms with Crippen LogP contribution in [-0.4, -0.2) is 25.5 Å². The number of aryl methyl sites for hydroxylation is 2. The van der Waals surface area contributed by atoms with Gasteiger partial charge in [-0.2, -0.15) is 4.98 Å². The van der Waals surface area contributed by atoms with Crippen molar-refractivity contribution in [3.63, 3.8) is 0 Å². The van der Waals surface area contributed by atoms with E-state index in [-0.39, 0.29) is 17.8 Å². The molecule has 0 aliphatic rings. The second-order valence-corrected chi connectivity index (χ2v) is 6.37. The molecule has 0 fully saturated rings. The maximum absolute atomic E-state index is 12.4. The van der Waals surface area contributed by atoms with Gasteiger partial charge in [0.05, 0.1) is 16.1 Å². The Morgan fingerprint density at radius 3 is 2.62 bits per heavy atom. The topological polar surface area (TPSA) is 72.2 Å². The summed E-state index contributed by atoms with van der Waals surface area (Å²) in [6.07, 6.45) is 0. The first-order valence-corrected chi connectivity index (χ1v) is 8.07. The number of rotatable bonds is 3. The molecule has 3 rings (SSSR count). The van der Waals surface area contributed by atoms with E-state index in [1.807, 2.05) is 32.9 Å². The Balaban J connectivity index is 1.84. The molecule has 2 aromatic heterocycles. The highest BCUT2D eigenvalue weighted by Gasteiger charge is 2.18. The number of carbonyl (C=O) groups is 1. The third-order valence-electron chi connectivity index (χ3n) is 3.61. The van der Waals surface area contributed by atoms with E-state index in [9.17, 15) is 4.79 Å². The molecule has 1 unspecified atom stereocenters. The Labute approximate surface area is 148 Å². The van der Waals surface area contributed by atoms with Crippen LogP contribution in [0.2, 0.25) is 10.0 Å². The standard InChI is InChI=1S/C16H15Cl2N5O/c1-8-6-9(2)23-16(19-8)21-14(22-23)15(24)20-10(3)11-4-5-12(17)13(18)7-11/h4-7,10H,1-3H3,(H,20,24). The van der Waals surface area contributed by atoms with E-state index in [0.29, 0.717) is 15.8 Å². The molecule has 124 valence electrons. The van der Waals surface area contributed by atoms with Crippen LogP contribution in [-0.2, 0) is 0 Å². The molecule has 0 spiro atoms. The zero-order valence-corrected chi connectivity index (χ0v) is 14.9. The highest BCUT2D eigenvalue weighted by atomic mass is 35.5. The van der Waals surface area contributed by atoms with Crippen molar-refractivity contribution in [2.75, 3.05) is 0 Å². The number of fused-ring (bicyclic) bond motifs is 1. The normalized spacial score (nSPS) is 12.4. The molecule has 1 aromatic carbocycles. The van der Waals surface area contributed by atoms with Crippen LogP contribution in [0.15, 0.2) is 24.3 Å². The van der Waals surface area contributed by atoms with Gasteiger partial charge >= 0.3 is 0 Å². The predicted molar refractivity (Wildman–Crippen MR) is 92.6 cm³/mol. The predicted octanol–water partition coefficient (Wildman–Crippen LogP) is 3.54. The Morgan fingerprint density at radius 1 is 1.17 bits per heavy atom. The summed E-state index contributed by atoms with van der Waals surface area (Å²) in [6, 6.07) is 6.84. The fourth-order valence-corrected chi connectivity index (χ4v) is 2.70. The highest BCUT2D eigenvalue weighted by molar-refractivity contribution is 6.42. The summed E-state index contributed by atoms with van der Waals surface area (Å²) in [4.78, 5) is 20.9. The van der Waals surface area contributed by atoms with Gasteiger partial charge in [-0.25, -0.2) is 9.50 Å². The number of amides is 1. The Bertz CT molecular complexity index is 938. The summed E-state index contributed by atoms with van der Waals surface area (Å²) in [5.41, 5.74) is 2.52. The van der Waals surface area contributed by atoms with Crippen LogP contribution in [0, 0.1) is 13.8 Å². The van der Waals surface area contributed by atoms with Crippen molar-refractivity contribution in [3.05, 3.63) is 57.1 Å². The largest absolute Gasteiger partial charge is 0.343 e. The van der Waals surface area contributed by atoms with Crippen LogP contribution >= 0.6 is 23.2 Å². The van der Waals surface area contributed by atoms with Gasteiger partial charge in [-0.3, -0.25) is 4.79 Å². The van der Waals surface area contributed by atoms with Crippen molar-refractivity contribution in [3.8, 4) is 0 Å². The molecular weight excluding hydrogens is 349 g/mol. The number of benzene rings is 1. The molecule has 0 bridgehead atoms. The minimum Gasteiger partial charge on any atom is -0.343 e. The van der Waals surface area contributed by atoms with Gasteiger partial charge in [0.25, 0.3) is 11.7 Å². The van der Waals surface area contributed by atoms with E-state index >= 15 is 0 Å². The summed E-state index contributed by atoms with van der Waals surface area (Å²) >= 11 is 11.9. The van der Waals surface area contributed by atoms with Crippen LogP contribution in [0.25, 0.3) is 5.78 Å². The molecule has 0 aliphatic carbocycles. The molecule has 2 heterocycles. The third kappa shape index (κ3) is 3.20. The lowest BCUT2D eigenvalue weighted by atomic mass is 10.1. The van der Waals surface area contributed by atoms with E-state index < -0.39 is 0 Å². The van der Waals surface area contributed by atoms with Crippen LogP contribution in [0.5, 0.6) is 0 Å². The Morgan fingerprint density at radius 2 is 1.92 bits per heavy atom. The first-order valence-electron chi connectivity index (χ1n) is 7.32. The molecular formula is C16H15Cl2N5O. The highest BCUT2D eigenvalue weighted by Crippen LogP contribution is 2.25. The van der Waals surface area contributed by atoms with Crippen LogP contribution in [0.4, 0.5) is 0 Å². The lowest BCUT2D eigenvalue weighted by Crippen LogP contribution is -2.27. The summed E-state index contributed by atoms with van der Waals surface area (Å²) in [6.45, 7) is 5.60. The summed E-state index contributed by atoms with van der Waals surface area (Å²) in [5.74, 6) is 0.0964. The van der Waals surface area contributed by atoms with Crippen molar-refractivity contribution in [1.82, 2.24) is 24.9 Å². The van der Waals surface area contributed by atoms with Crippen LogP contribution in [0.1, 0.15) is 40.5 Å². The van der Waals surface area contributed by atoms with Gasteiger partial charge in [0.15, 0.2) is 0 Å². The molecule has 1 amide bonds. The molecule has 6 nitrogen and oxygen atoms in total. The van der Waals surface area contributed by atoms with Gasteiger partial charge in [-0.15, -0.1) is 5.10 Å². The van der Waals surface area contributed by atoms with Crippen molar-refractivity contribution >= 4 is 34.9 Å². The number of nitrogens with one attached hydrogen (secondary N) is 1. The average Bonchev–Trinajstić information content (AvgIpc) is 2.94. The van der Waals surface area contributed by atoms with Crippen molar-refractivity contribution in [2.24, 2.45) is 0 Å². The number of halogens is 2. The molecule has 0 aliphatic heterocycles. The fraction of sp³-hybridized carbons (Fsp3) is 0.250. The molecule has 0 radical (unpaired) electrons. The summed E-state index contributed by atoms with van der Waals surface area (Å²) in [5, 5.41) is 7.97. The average molecular weight is 364 g/mol. The first-order chi connectivity index (χ1) is 11.3. The Hall–Kier alpha value is -2.18. The zero-order valence-electron chi connectivity index (χ0n) is 13.3. The van der Waals surface area contributed by atoms with Gasteiger partial charge in [0.1, 0.15) is 0 Å². The van der Waals surface area contributed by atoms with Crippen molar-refractivity contribution < 1.29 is 4.79 Å². The lowest BCUT2D eigenvalue weighted by molar-refractivity contribution is 0.0929. The van der Waals surface area contributed by atoms with Crippen LogP contribution < -0.4 is 5.32 Å². The fourth-order valence-electron chi connectivity index (χ4n) is 2.39. The summed E-state index contributed by atoms with van der Waals surface area (Å²) in [7, 11) is 0. The molecule has 0 saturated carbocycles. The van der Waals surface area contributed by atoms with E-state index in [1.54, 1.807) is 16.6 Å². The number of carbonyl (C=O) groups excluding carboxylic acids is 1. The quantitative estimate of drug-likeness (QED) is 0.772. The lowest BCUT2D eigenvalue weighted by Gasteiger charge is -2.13. The molecule has 1 N–H and O–H groups in total. The van der Waals surface area contributed by atoms with Gasteiger partial charge in [0.2, 0.25) is 5.82 Å². The molecule has 3 aromatic rings. The van der Waals surface area contributed by atoms with E-state index in [0.717, 1.165) is 17.0 Å². The number of hydrogen-bond donors (Lipinski definition) is 1. The number of nitrogens with zero attached hydrogens (tertiary/aromatic N) is 4. The summed E-state index contributed by atoms with van der Waals surface area (Å²) < 4.78 is 1.55. The van der Waals surface area contributed by atoms with Gasteiger partial charge in [0, 0.05) is 11.4 Å². The van der Waals surface area contributed by atoms with E-state index in [4.69, 9.17) is 23.2 Å². The zero-order chi connectivity index (χ0) is 17.4. The maximum atomic E-state index is 12.4. The first kappa shape index (κ1) is 16.7. The number of aromatic nitrogens is 4. The smallest absolute Gasteiger partial charge is 0.291 e. The van der Waals surface area contributed by atoms with Gasteiger partial charge < -0.3 is 5.32 Å². The molecule has 0 saturated heterocycles. The molecule has 24 heavy (non-hydrogen) atoms. The molecule has 8 heteroatoms. The monoisotopic (exact) mass is 363 g/mol. The third-order valence-corrected chi connectivity index (χ3v) is 4.35. The number of hydrogen-bond acceptors (Lipinski definition) is 4. The second kappa shape index (κ2) is 6.37. The van der Waals surface area contributed by atoms with Crippen molar-refractivity contribution in [2.45, 2.75) is 26.8 Å². The van der Waals surface area contributed by atoms with E-state index in [1.165, 1.54) is 0 Å². The Kier molecular flexibility index (Phi) is 4.43. The van der Waals surface area contributed by atoms with E-state index in [2.05, 4.69) is 20.4 Å². The second-order valence-electron chi connectivity index (χ2n) is 5.55. The molecule has 1 atom stereocenters. The van der Waals surface area contributed by atoms with Crippen molar-refractivity contribution in [1.29, 1.82) is 0 Å². The maximum Gasteiger partial charge on any atom is 0.291 e. The van der Waals surface area contributed by atoms with Gasteiger partial charge in [-0.1, -0.05) is 29.3 Å². The van der Waals surface area contributed by atoms with Crippen LogP contribution in [0.3, 0.4) is 0 Å². The minimum absolute atomic E-state index is 0.0723. The SMILES string of the molecule is Cc1cc(C)n2nc(C(=O)NC(C)c3ccc(Cl)c(Cl)c3)nc2n1.